The van der Waals surface area contributed by atoms with Crippen LogP contribution in [0.5, 0.6) is 11.5 Å². The van der Waals surface area contributed by atoms with Crippen LogP contribution in [0.4, 0.5) is 24.8 Å². The zero-order valence-corrected chi connectivity index (χ0v) is 17.0. The van der Waals surface area contributed by atoms with Crippen LogP contribution in [0.3, 0.4) is 0 Å². The van der Waals surface area contributed by atoms with Crippen LogP contribution in [0.15, 0.2) is 36.7 Å². The second-order valence-electron chi connectivity index (χ2n) is 6.88. The molecule has 3 N–H and O–H groups in total. The maximum Gasteiger partial charge on any atom is 0.573 e. The number of hydrogen-bond acceptors (Lipinski definition) is 9. The molecule has 10 nitrogen and oxygen atoms in total. The maximum absolute atomic E-state index is 13.0. The Kier molecular flexibility index (Phi) is 6.57. The lowest BCUT2D eigenvalue weighted by molar-refractivity contribution is -0.274. The molecule has 1 saturated heterocycles. The van der Waals surface area contributed by atoms with E-state index in [1.54, 1.807) is 0 Å². The van der Waals surface area contributed by atoms with Gasteiger partial charge in [-0.2, -0.15) is 10.4 Å². The van der Waals surface area contributed by atoms with Crippen LogP contribution in [0, 0.1) is 11.3 Å². The van der Waals surface area contributed by atoms with Crippen LogP contribution >= 0.6 is 0 Å². The second kappa shape index (κ2) is 9.72. The number of ether oxygens (including phenoxy) is 3. The van der Waals surface area contributed by atoms with Gasteiger partial charge >= 0.3 is 6.36 Å². The minimum absolute atomic E-state index is 0.0463. The van der Waals surface area contributed by atoms with E-state index in [0.717, 1.165) is 6.54 Å². The lowest BCUT2D eigenvalue weighted by atomic mass is 10.1. The van der Waals surface area contributed by atoms with Gasteiger partial charge in [0.2, 0.25) is 0 Å². The van der Waals surface area contributed by atoms with Gasteiger partial charge in [0.05, 0.1) is 30.3 Å². The third kappa shape index (κ3) is 5.88. The topological polar surface area (TPSA) is 130 Å². The normalized spacial score (nSPS) is 16.1. The average molecular weight is 461 g/mol. The minimum Gasteiger partial charge on any atom is -0.490 e. The molecule has 33 heavy (non-hydrogen) atoms. The van der Waals surface area contributed by atoms with Gasteiger partial charge in [-0.25, -0.2) is 9.97 Å². The lowest BCUT2D eigenvalue weighted by Crippen LogP contribution is -2.41. The maximum atomic E-state index is 13.0. The van der Waals surface area contributed by atoms with Crippen LogP contribution < -0.4 is 20.1 Å². The van der Waals surface area contributed by atoms with E-state index in [0.29, 0.717) is 19.0 Å². The Labute approximate surface area is 185 Å². The Hall–Kier alpha value is -3.89. The largest absolute Gasteiger partial charge is 0.573 e. The first kappa shape index (κ1) is 22.3. The first-order valence-electron chi connectivity index (χ1n) is 9.80. The molecule has 13 heteroatoms. The summed E-state index contributed by atoms with van der Waals surface area (Å²) in [6.45, 7) is 1.95. The summed E-state index contributed by atoms with van der Waals surface area (Å²) in [5, 5.41) is 21.6. The molecule has 3 heterocycles. The van der Waals surface area contributed by atoms with Crippen molar-refractivity contribution in [3.05, 3.63) is 42.4 Å². The summed E-state index contributed by atoms with van der Waals surface area (Å²) < 4.78 is 54.7. The summed E-state index contributed by atoms with van der Waals surface area (Å²) in [4.78, 5) is 7.91. The van der Waals surface area contributed by atoms with Gasteiger partial charge in [-0.1, -0.05) is 6.07 Å². The molecule has 0 saturated carbocycles. The fourth-order valence-electron chi connectivity index (χ4n) is 3.11. The second-order valence-corrected chi connectivity index (χ2v) is 6.88. The molecular formula is C20H18F3N7O3. The molecule has 2 aromatic heterocycles. The number of benzene rings is 1. The minimum atomic E-state index is -4.90. The number of H-pyrrole nitrogens is 1. The Morgan fingerprint density at radius 2 is 2.06 bits per heavy atom. The molecule has 172 valence electrons. The SMILES string of the molecule is N#Cc1cnc(Nc2cc(-c3c(OC[C@@H]4CNCCO4)cccc3OC(F)(F)F)[nH]n2)cn1. The molecule has 1 fully saturated rings. The van der Waals surface area contributed by atoms with E-state index in [1.165, 1.54) is 36.7 Å². The van der Waals surface area contributed by atoms with Crippen molar-refractivity contribution in [3.63, 3.8) is 0 Å². The Morgan fingerprint density at radius 1 is 1.21 bits per heavy atom. The smallest absolute Gasteiger partial charge is 0.490 e. The number of anilines is 2. The first-order valence-corrected chi connectivity index (χ1v) is 9.80. The number of nitriles is 1. The van der Waals surface area contributed by atoms with E-state index in [2.05, 4.69) is 35.5 Å². The quantitative estimate of drug-likeness (QED) is 0.486. The van der Waals surface area contributed by atoms with E-state index < -0.39 is 12.1 Å². The molecule has 0 unspecified atom stereocenters. The van der Waals surface area contributed by atoms with Crippen molar-refractivity contribution in [2.75, 3.05) is 31.6 Å². The predicted octanol–water partition coefficient (Wildman–Crippen LogP) is 2.75. The average Bonchev–Trinajstić information content (AvgIpc) is 3.26. The Morgan fingerprint density at radius 3 is 2.76 bits per heavy atom. The molecule has 1 aromatic carbocycles. The van der Waals surface area contributed by atoms with Gasteiger partial charge in [0.25, 0.3) is 0 Å². The van der Waals surface area contributed by atoms with Crippen molar-refractivity contribution in [1.29, 1.82) is 5.26 Å². The van der Waals surface area contributed by atoms with Crippen molar-refractivity contribution in [3.8, 4) is 28.8 Å². The van der Waals surface area contributed by atoms with E-state index in [1.807, 2.05) is 6.07 Å². The third-order valence-corrected chi connectivity index (χ3v) is 4.51. The van der Waals surface area contributed by atoms with Crippen LogP contribution in [-0.4, -0.2) is 58.9 Å². The monoisotopic (exact) mass is 461 g/mol. The van der Waals surface area contributed by atoms with Gasteiger partial charge in [-0.15, -0.1) is 13.2 Å². The molecule has 0 spiro atoms. The van der Waals surface area contributed by atoms with Crippen LogP contribution in [-0.2, 0) is 4.74 Å². The molecule has 0 radical (unpaired) electrons. The number of aromatic amines is 1. The molecule has 1 aliphatic heterocycles. The van der Waals surface area contributed by atoms with E-state index in [4.69, 9.17) is 14.7 Å². The van der Waals surface area contributed by atoms with E-state index in [9.17, 15) is 13.2 Å². The van der Waals surface area contributed by atoms with E-state index in [-0.39, 0.29) is 41.2 Å². The summed E-state index contributed by atoms with van der Waals surface area (Å²) in [5.41, 5.74) is 0.405. The van der Waals surface area contributed by atoms with Crippen molar-refractivity contribution >= 4 is 11.6 Å². The van der Waals surface area contributed by atoms with Crippen molar-refractivity contribution < 1.29 is 27.4 Å². The zero-order valence-electron chi connectivity index (χ0n) is 17.0. The van der Waals surface area contributed by atoms with Gasteiger partial charge in [-0.05, 0) is 12.1 Å². The summed E-state index contributed by atoms with van der Waals surface area (Å²) in [6, 6.07) is 7.46. The fraction of sp³-hybridized carbons (Fsp3) is 0.300. The molecule has 1 atom stereocenters. The molecule has 0 bridgehead atoms. The predicted molar refractivity (Wildman–Crippen MR) is 109 cm³/mol. The number of aromatic nitrogens is 4. The van der Waals surface area contributed by atoms with Crippen LogP contribution in [0.25, 0.3) is 11.3 Å². The Bertz CT molecular complexity index is 1120. The highest BCUT2D eigenvalue weighted by molar-refractivity contribution is 5.76. The number of nitrogens with one attached hydrogen (secondary N) is 3. The number of rotatable bonds is 7. The number of morpholine rings is 1. The van der Waals surface area contributed by atoms with Gasteiger partial charge in [0.1, 0.15) is 36.1 Å². The fourth-order valence-corrected chi connectivity index (χ4v) is 3.11. The number of halogens is 3. The third-order valence-electron chi connectivity index (χ3n) is 4.51. The lowest BCUT2D eigenvalue weighted by Gasteiger charge is -2.24. The summed E-state index contributed by atoms with van der Waals surface area (Å²) >= 11 is 0. The van der Waals surface area contributed by atoms with Crippen LogP contribution in [0.1, 0.15) is 5.69 Å². The van der Waals surface area contributed by atoms with Gasteiger partial charge < -0.3 is 24.8 Å². The van der Waals surface area contributed by atoms with Gasteiger partial charge in [0, 0.05) is 19.2 Å². The molecular weight excluding hydrogens is 443 g/mol. The van der Waals surface area contributed by atoms with Crippen molar-refractivity contribution in [2.45, 2.75) is 12.5 Å². The molecule has 4 rings (SSSR count). The highest BCUT2D eigenvalue weighted by Gasteiger charge is 2.33. The van der Waals surface area contributed by atoms with E-state index >= 15 is 0 Å². The standard InChI is InChI=1S/C20H18F3N7O3/c21-20(22,23)33-16-3-1-2-15(32-11-13-9-25-4-5-31-13)19(16)14-6-17(30-29-14)28-18-10-26-12(7-24)8-27-18/h1-3,6,8,10,13,25H,4-5,9,11H2,(H2,27,28,29,30)/t13-/m0/s1. The van der Waals surface area contributed by atoms with Gasteiger partial charge in [-0.3, -0.25) is 5.10 Å². The first-order chi connectivity index (χ1) is 15.9. The van der Waals surface area contributed by atoms with Crippen molar-refractivity contribution in [2.24, 2.45) is 0 Å². The van der Waals surface area contributed by atoms with Gasteiger partial charge in [0.15, 0.2) is 11.5 Å². The molecule has 0 amide bonds. The molecule has 1 aliphatic rings. The van der Waals surface area contributed by atoms with Crippen LogP contribution in [0.2, 0.25) is 0 Å². The number of nitrogens with zero attached hydrogens (tertiary/aromatic N) is 4. The number of hydrogen-bond donors (Lipinski definition) is 3. The number of alkyl halides is 3. The van der Waals surface area contributed by atoms with Crippen molar-refractivity contribution in [1.82, 2.24) is 25.5 Å². The molecule has 0 aliphatic carbocycles. The Balaban J connectivity index is 1.60. The summed E-state index contributed by atoms with van der Waals surface area (Å²) in [5.74, 6) is 0.275. The summed E-state index contributed by atoms with van der Waals surface area (Å²) in [6.07, 6.45) is -2.53. The zero-order chi connectivity index (χ0) is 23.3. The highest BCUT2D eigenvalue weighted by Crippen LogP contribution is 2.40. The molecule has 3 aromatic rings. The highest BCUT2D eigenvalue weighted by atomic mass is 19.4. The summed E-state index contributed by atoms with van der Waals surface area (Å²) in [7, 11) is 0.